The minimum atomic E-state index is -3.26. The summed E-state index contributed by atoms with van der Waals surface area (Å²) >= 11 is 0. The van der Waals surface area contributed by atoms with Gasteiger partial charge in [-0.2, -0.15) is 8.42 Å². The van der Waals surface area contributed by atoms with E-state index in [1.54, 1.807) is 0 Å². The van der Waals surface area contributed by atoms with Crippen LogP contribution in [0.2, 0.25) is 0 Å². The smallest absolute Gasteiger partial charge is 0.267 e. The van der Waals surface area contributed by atoms with E-state index < -0.39 is 10.1 Å². The summed E-state index contributed by atoms with van der Waals surface area (Å²) in [7, 11) is -3.26. The van der Waals surface area contributed by atoms with Crippen LogP contribution >= 0.6 is 0 Å². The molecule has 0 aromatic heterocycles. The highest BCUT2D eigenvalue weighted by atomic mass is 32.2. The van der Waals surface area contributed by atoms with Gasteiger partial charge in [-0.25, -0.2) is 0 Å². The van der Waals surface area contributed by atoms with Crippen molar-refractivity contribution in [1.82, 2.24) is 0 Å². The van der Waals surface area contributed by atoms with Crippen LogP contribution in [0.25, 0.3) is 0 Å². The molecule has 0 saturated carbocycles. The monoisotopic (exact) mass is 193 g/mol. The molecule has 0 amide bonds. The molecule has 0 spiro atoms. The first kappa shape index (κ1) is 11.9. The van der Waals surface area contributed by atoms with Gasteiger partial charge in [0, 0.05) is 0 Å². The van der Waals surface area contributed by atoms with Crippen LogP contribution in [0.15, 0.2) is 0 Å². The summed E-state index contributed by atoms with van der Waals surface area (Å²) < 4.78 is 26.8. The SMILES string of the molecule is CCCCS(=O)(=O)OC[C](C)C. The Balaban J connectivity index is 3.73. The zero-order chi connectivity index (χ0) is 9.61. The summed E-state index contributed by atoms with van der Waals surface area (Å²) in [5.74, 6) is 1.10. The van der Waals surface area contributed by atoms with Crippen molar-refractivity contribution in [2.75, 3.05) is 12.4 Å². The molecule has 1 radical (unpaired) electrons. The molecule has 12 heavy (non-hydrogen) atoms. The summed E-state index contributed by atoms with van der Waals surface area (Å²) in [6, 6.07) is 0. The molecule has 73 valence electrons. The van der Waals surface area contributed by atoms with Crippen molar-refractivity contribution in [1.29, 1.82) is 0 Å². The Labute approximate surface area is 75.2 Å². The summed E-state index contributed by atoms with van der Waals surface area (Å²) in [6.45, 7) is 5.85. The van der Waals surface area contributed by atoms with Crippen molar-refractivity contribution in [3.05, 3.63) is 5.92 Å². The van der Waals surface area contributed by atoms with Gasteiger partial charge >= 0.3 is 0 Å². The Bertz CT molecular complexity index is 194. The average Bonchev–Trinajstić information content (AvgIpc) is 1.98. The third-order valence-corrected chi connectivity index (χ3v) is 2.54. The lowest BCUT2D eigenvalue weighted by atomic mass is 10.2. The van der Waals surface area contributed by atoms with Crippen molar-refractivity contribution >= 4 is 10.1 Å². The van der Waals surface area contributed by atoms with E-state index in [2.05, 4.69) is 0 Å². The molecular formula is C8H17O3S. The van der Waals surface area contributed by atoms with E-state index in [-0.39, 0.29) is 12.4 Å². The molecule has 0 aliphatic heterocycles. The summed E-state index contributed by atoms with van der Waals surface area (Å²) in [5.41, 5.74) is 0. The zero-order valence-electron chi connectivity index (χ0n) is 7.96. The van der Waals surface area contributed by atoms with Crippen LogP contribution in [0.4, 0.5) is 0 Å². The van der Waals surface area contributed by atoms with Gasteiger partial charge in [-0.1, -0.05) is 27.2 Å². The van der Waals surface area contributed by atoms with Gasteiger partial charge in [0.15, 0.2) is 0 Å². The first-order chi connectivity index (χ1) is 5.48. The van der Waals surface area contributed by atoms with E-state index in [9.17, 15) is 8.42 Å². The third kappa shape index (κ3) is 6.61. The van der Waals surface area contributed by atoms with Crippen molar-refractivity contribution in [2.24, 2.45) is 0 Å². The molecule has 0 N–H and O–H groups in total. The quantitative estimate of drug-likeness (QED) is 0.603. The summed E-state index contributed by atoms with van der Waals surface area (Å²) in [4.78, 5) is 0. The van der Waals surface area contributed by atoms with E-state index in [1.807, 2.05) is 20.8 Å². The first-order valence-corrected chi connectivity index (χ1v) is 5.72. The molecule has 0 atom stereocenters. The highest BCUT2D eigenvalue weighted by Crippen LogP contribution is 2.03. The molecule has 0 aromatic rings. The predicted octanol–water partition coefficient (Wildman–Crippen LogP) is 1.75. The van der Waals surface area contributed by atoms with Gasteiger partial charge in [0.1, 0.15) is 0 Å². The second kappa shape index (κ2) is 5.54. The number of hydrogen-bond donors (Lipinski definition) is 0. The molecule has 0 bridgehead atoms. The van der Waals surface area contributed by atoms with Crippen LogP contribution < -0.4 is 0 Å². The van der Waals surface area contributed by atoms with Gasteiger partial charge in [0.2, 0.25) is 0 Å². The Morgan fingerprint density at radius 3 is 2.33 bits per heavy atom. The normalized spacial score (nSPS) is 12.3. The van der Waals surface area contributed by atoms with E-state index in [0.717, 1.165) is 12.3 Å². The van der Waals surface area contributed by atoms with Crippen molar-refractivity contribution < 1.29 is 12.6 Å². The molecule has 0 fully saturated rings. The second-order valence-electron chi connectivity index (χ2n) is 3.08. The highest BCUT2D eigenvalue weighted by Gasteiger charge is 2.10. The highest BCUT2D eigenvalue weighted by molar-refractivity contribution is 7.86. The number of hydrogen-bond acceptors (Lipinski definition) is 3. The van der Waals surface area contributed by atoms with Crippen LogP contribution in [0, 0.1) is 5.92 Å². The van der Waals surface area contributed by atoms with Crippen molar-refractivity contribution in [2.45, 2.75) is 33.6 Å². The molecule has 0 aromatic carbocycles. The largest absolute Gasteiger partial charge is 0.270 e. The van der Waals surface area contributed by atoms with E-state index >= 15 is 0 Å². The lowest BCUT2D eigenvalue weighted by Crippen LogP contribution is -2.13. The second-order valence-corrected chi connectivity index (χ2v) is 4.84. The van der Waals surface area contributed by atoms with Gasteiger partial charge in [0.05, 0.1) is 12.4 Å². The molecule has 0 saturated heterocycles. The molecule has 0 aliphatic carbocycles. The Hall–Kier alpha value is -0.0900. The summed E-state index contributed by atoms with van der Waals surface area (Å²) in [5, 5.41) is 0. The molecule has 0 heterocycles. The van der Waals surface area contributed by atoms with Gasteiger partial charge < -0.3 is 0 Å². The summed E-state index contributed by atoms with van der Waals surface area (Å²) in [6.07, 6.45) is 1.54. The van der Waals surface area contributed by atoms with Crippen molar-refractivity contribution in [3.63, 3.8) is 0 Å². The fourth-order valence-corrected chi connectivity index (χ4v) is 1.76. The van der Waals surface area contributed by atoms with Crippen LogP contribution in [-0.4, -0.2) is 20.8 Å². The van der Waals surface area contributed by atoms with Gasteiger partial charge in [-0.15, -0.1) is 0 Å². The molecule has 3 nitrogen and oxygen atoms in total. The van der Waals surface area contributed by atoms with Crippen molar-refractivity contribution in [3.8, 4) is 0 Å². The average molecular weight is 193 g/mol. The van der Waals surface area contributed by atoms with Crippen LogP contribution in [0.3, 0.4) is 0 Å². The molecule has 0 unspecified atom stereocenters. The zero-order valence-corrected chi connectivity index (χ0v) is 8.78. The Morgan fingerprint density at radius 2 is 1.92 bits per heavy atom. The van der Waals surface area contributed by atoms with E-state index in [4.69, 9.17) is 4.18 Å². The molecular weight excluding hydrogens is 176 g/mol. The maximum atomic E-state index is 11.1. The van der Waals surface area contributed by atoms with Gasteiger partial charge in [-0.3, -0.25) is 4.18 Å². The minimum Gasteiger partial charge on any atom is -0.270 e. The van der Waals surface area contributed by atoms with E-state index in [0.29, 0.717) is 6.42 Å². The maximum Gasteiger partial charge on any atom is 0.267 e. The minimum absolute atomic E-state index is 0.136. The fraction of sp³-hybridized carbons (Fsp3) is 0.875. The van der Waals surface area contributed by atoms with Crippen LogP contribution in [0.1, 0.15) is 33.6 Å². The van der Waals surface area contributed by atoms with E-state index in [1.165, 1.54) is 0 Å². The number of unbranched alkanes of at least 4 members (excludes halogenated alkanes) is 1. The molecule has 4 heteroatoms. The van der Waals surface area contributed by atoms with Crippen LogP contribution in [0.5, 0.6) is 0 Å². The fourth-order valence-electron chi connectivity index (χ4n) is 0.588. The molecule has 0 rings (SSSR count). The third-order valence-electron chi connectivity index (χ3n) is 1.28. The Morgan fingerprint density at radius 1 is 1.33 bits per heavy atom. The predicted molar refractivity (Wildman–Crippen MR) is 49.2 cm³/mol. The van der Waals surface area contributed by atoms with Crippen LogP contribution in [-0.2, 0) is 14.3 Å². The standard InChI is InChI=1S/C8H17O3S/c1-4-5-6-12(9,10)11-7-8(2)3/h4-7H2,1-3H3. The van der Waals surface area contributed by atoms with Gasteiger partial charge in [0.25, 0.3) is 10.1 Å². The maximum absolute atomic E-state index is 11.1. The van der Waals surface area contributed by atoms with Gasteiger partial charge in [-0.05, 0) is 12.3 Å². The lowest BCUT2D eigenvalue weighted by molar-refractivity contribution is 0.330. The lowest BCUT2D eigenvalue weighted by Gasteiger charge is -2.06. The molecule has 0 aliphatic rings. The Kier molecular flexibility index (Phi) is 5.50. The topological polar surface area (TPSA) is 43.4 Å². The first-order valence-electron chi connectivity index (χ1n) is 4.14. The number of rotatable bonds is 6.